The molecule has 0 saturated carbocycles. The Balaban J connectivity index is 1.44. The summed E-state index contributed by atoms with van der Waals surface area (Å²) in [6, 6.07) is 14.9. The van der Waals surface area contributed by atoms with Crippen LogP contribution in [-0.4, -0.2) is 36.6 Å². The maximum Gasteiger partial charge on any atom is 0.387 e. The third-order valence-corrected chi connectivity index (χ3v) is 4.07. The Kier molecular flexibility index (Phi) is 6.67. The Morgan fingerprint density at radius 3 is 2.55 bits per heavy atom. The first kappa shape index (κ1) is 20.2. The molecule has 3 rings (SSSR count). The average molecular weight is 400 g/mol. The van der Waals surface area contributed by atoms with E-state index in [4.69, 9.17) is 4.74 Å². The molecule has 2 aromatic carbocycles. The molecule has 0 spiro atoms. The maximum absolute atomic E-state index is 12.3. The number of benzene rings is 2. The number of alkyl halides is 2. The zero-order chi connectivity index (χ0) is 20.6. The molecule has 1 heterocycles. The monoisotopic (exact) mass is 400 g/mol. The predicted molar refractivity (Wildman–Crippen MR) is 102 cm³/mol. The van der Waals surface area contributed by atoms with Crippen molar-refractivity contribution in [2.24, 2.45) is 0 Å². The van der Waals surface area contributed by atoms with Gasteiger partial charge in [-0.25, -0.2) is 4.79 Å². The first-order chi connectivity index (χ1) is 14.0. The second kappa shape index (κ2) is 9.59. The van der Waals surface area contributed by atoms with Crippen LogP contribution in [0.4, 0.5) is 8.78 Å². The molecular weight excluding hydrogens is 382 g/mol. The summed E-state index contributed by atoms with van der Waals surface area (Å²) in [5.41, 5.74) is 1.65. The minimum atomic E-state index is -2.87. The summed E-state index contributed by atoms with van der Waals surface area (Å²) in [7, 11) is 0. The second-order valence-corrected chi connectivity index (χ2v) is 6.08. The van der Waals surface area contributed by atoms with E-state index in [1.54, 1.807) is 36.5 Å². The third kappa shape index (κ3) is 5.71. The highest BCUT2D eigenvalue weighted by molar-refractivity contribution is 6.03. The number of para-hydroxylation sites is 1. The van der Waals surface area contributed by atoms with Crippen LogP contribution in [-0.2, 0) is 16.0 Å². The fraction of sp³-hybridized carbons (Fsp3) is 0.190. The SMILES string of the molecule is O=C(COC(=O)c1cccc2cccnc12)NCCc1ccc(OC(F)F)cc1. The molecule has 0 atom stereocenters. The smallest absolute Gasteiger partial charge is 0.387 e. The number of fused-ring (bicyclic) bond motifs is 1. The highest BCUT2D eigenvalue weighted by atomic mass is 19.3. The van der Waals surface area contributed by atoms with Crippen LogP contribution in [0.15, 0.2) is 60.8 Å². The van der Waals surface area contributed by atoms with Gasteiger partial charge in [0.05, 0.1) is 11.1 Å². The number of esters is 1. The van der Waals surface area contributed by atoms with Crippen LogP contribution in [0.3, 0.4) is 0 Å². The molecule has 0 unspecified atom stereocenters. The van der Waals surface area contributed by atoms with Gasteiger partial charge in [0.1, 0.15) is 5.75 Å². The summed E-state index contributed by atoms with van der Waals surface area (Å²) < 4.78 is 33.6. The molecule has 0 bridgehead atoms. The van der Waals surface area contributed by atoms with Crippen molar-refractivity contribution in [3.05, 3.63) is 71.9 Å². The first-order valence-corrected chi connectivity index (χ1v) is 8.84. The van der Waals surface area contributed by atoms with E-state index in [1.165, 1.54) is 12.1 Å². The number of ether oxygens (including phenoxy) is 2. The van der Waals surface area contributed by atoms with E-state index in [2.05, 4.69) is 15.0 Å². The fourth-order valence-corrected chi connectivity index (χ4v) is 2.71. The Labute approximate surface area is 165 Å². The molecule has 0 fully saturated rings. The zero-order valence-corrected chi connectivity index (χ0v) is 15.3. The predicted octanol–water partition coefficient (Wildman–Crippen LogP) is 3.35. The van der Waals surface area contributed by atoms with Crippen LogP contribution in [0.1, 0.15) is 15.9 Å². The van der Waals surface area contributed by atoms with Gasteiger partial charge >= 0.3 is 12.6 Å². The molecule has 29 heavy (non-hydrogen) atoms. The number of halogens is 2. The van der Waals surface area contributed by atoms with Gasteiger partial charge in [0, 0.05) is 18.1 Å². The van der Waals surface area contributed by atoms with E-state index >= 15 is 0 Å². The van der Waals surface area contributed by atoms with Gasteiger partial charge < -0.3 is 14.8 Å². The van der Waals surface area contributed by atoms with Gasteiger partial charge in [-0.3, -0.25) is 9.78 Å². The fourth-order valence-electron chi connectivity index (χ4n) is 2.71. The van der Waals surface area contributed by atoms with Crippen molar-refractivity contribution in [2.45, 2.75) is 13.0 Å². The summed E-state index contributed by atoms with van der Waals surface area (Å²) in [5.74, 6) is -0.995. The van der Waals surface area contributed by atoms with Gasteiger partial charge in [-0.15, -0.1) is 0 Å². The van der Waals surface area contributed by atoms with Gasteiger partial charge in [0.2, 0.25) is 0 Å². The normalized spacial score (nSPS) is 10.7. The van der Waals surface area contributed by atoms with Gasteiger partial charge in [-0.05, 0) is 36.2 Å². The number of hydrogen-bond donors (Lipinski definition) is 1. The third-order valence-electron chi connectivity index (χ3n) is 4.07. The number of rotatable bonds is 8. The minimum absolute atomic E-state index is 0.0719. The Morgan fingerprint density at radius 1 is 1.03 bits per heavy atom. The summed E-state index contributed by atoms with van der Waals surface area (Å²) in [6.07, 6.45) is 2.07. The lowest BCUT2D eigenvalue weighted by molar-refractivity contribution is -0.124. The number of amides is 1. The lowest BCUT2D eigenvalue weighted by Gasteiger charge is -2.09. The first-order valence-electron chi connectivity index (χ1n) is 8.84. The van der Waals surface area contributed by atoms with Gasteiger partial charge in [0.25, 0.3) is 5.91 Å². The molecule has 6 nitrogen and oxygen atoms in total. The number of nitrogens with zero attached hydrogens (tertiary/aromatic N) is 1. The van der Waals surface area contributed by atoms with Crippen molar-refractivity contribution in [1.29, 1.82) is 0 Å². The van der Waals surface area contributed by atoms with Crippen molar-refractivity contribution >= 4 is 22.8 Å². The van der Waals surface area contributed by atoms with Crippen LogP contribution in [0.5, 0.6) is 5.75 Å². The lowest BCUT2D eigenvalue weighted by atomic mass is 10.1. The topological polar surface area (TPSA) is 77.5 Å². The molecule has 3 aromatic rings. The van der Waals surface area contributed by atoms with Crippen LogP contribution in [0.25, 0.3) is 10.9 Å². The van der Waals surface area contributed by atoms with E-state index in [0.717, 1.165) is 10.9 Å². The average Bonchev–Trinajstić information content (AvgIpc) is 2.72. The lowest BCUT2D eigenvalue weighted by Crippen LogP contribution is -2.30. The van der Waals surface area contributed by atoms with Crippen molar-refractivity contribution in [3.63, 3.8) is 0 Å². The molecule has 150 valence electrons. The van der Waals surface area contributed by atoms with E-state index in [-0.39, 0.29) is 5.75 Å². The number of aromatic nitrogens is 1. The van der Waals surface area contributed by atoms with E-state index in [9.17, 15) is 18.4 Å². The molecule has 0 aliphatic rings. The Bertz CT molecular complexity index is 988. The number of pyridine rings is 1. The number of carbonyl (C=O) groups is 2. The number of nitrogens with one attached hydrogen (secondary N) is 1. The van der Waals surface area contributed by atoms with Gasteiger partial charge in [-0.2, -0.15) is 8.78 Å². The number of carbonyl (C=O) groups excluding carboxylic acids is 2. The van der Waals surface area contributed by atoms with Gasteiger partial charge in [-0.1, -0.05) is 30.3 Å². The zero-order valence-electron chi connectivity index (χ0n) is 15.3. The molecular formula is C21H18F2N2O4. The van der Waals surface area contributed by atoms with Crippen molar-refractivity contribution < 1.29 is 27.8 Å². The largest absolute Gasteiger partial charge is 0.452 e. The van der Waals surface area contributed by atoms with Crippen molar-refractivity contribution in [3.8, 4) is 5.75 Å². The highest BCUT2D eigenvalue weighted by Gasteiger charge is 2.14. The van der Waals surface area contributed by atoms with E-state index < -0.39 is 25.1 Å². The summed E-state index contributed by atoms with van der Waals surface area (Å²) in [4.78, 5) is 28.3. The van der Waals surface area contributed by atoms with Crippen LogP contribution >= 0.6 is 0 Å². The summed E-state index contributed by atoms with van der Waals surface area (Å²) in [6.45, 7) is -2.97. The van der Waals surface area contributed by atoms with Crippen LogP contribution < -0.4 is 10.1 Å². The summed E-state index contributed by atoms with van der Waals surface area (Å²) in [5, 5.41) is 3.44. The maximum atomic E-state index is 12.3. The van der Waals surface area contributed by atoms with Crippen molar-refractivity contribution in [1.82, 2.24) is 10.3 Å². The molecule has 8 heteroatoms. The number of hydrogen-bond acceptors (Lipinski definition) is 5. The second-order valence-electron chi connectivity index (χ2n) is 6.08. The van der Waals surface area contributed by atoms with Crippen LogP contribution in [0, 0.1) is 0 Å². The molecule has 1 aromatic heterocycles. The molecule has 0 saturated heterocycles. The molecule has 0 radical (unpaired) electrons. The molecule has 1 N–H and O–H groups in total. The van der Waals surface area contributed by atoms with E-state index in [0.29, 0.717) is 24.0 Å². The Morgan fingerprint density at radius 2 is 1.79 bits per heavy atom. The molecule has 0 aliphatic carbocycles. The highest BCUT2D eigenvalue weighted by Crippen LogP contribution is 2.17. The summed E-state index contributed by atoms with van der Waals surface area (Å²) >= 11 is 0. The minimum Gasteiger partial charge on any atom is -0.452 e. The quantitative estimate of drug-likeness (QED) is 0.587. The Hall–Kier alpha value is -3.55. The van der Waals surface area contributed by atoms with Gasteiger partial charge in [0.15, 0.2) is 6.61 Å². The standard InChI is InChI=1S/C21H18F2N2O4/c22-21(23)29-16-8-6-14(7-9-16)10-12-24-18(26)13-28-20(27)17-5-1-3-15-4-2-11-25-19(15)17/h1-9,11,21H,10,12-13H2,(H,24,26). The molecule has 0 aliphatic heterocycles. The van der Waals surface area contributed by atoms with E-state index in [1.807, 2.05) is 12.1 Å². The van der Waals surface area contributed by atoms with Crippen LogP contribution in [0.2, 0.25) is 0 Å². The van der Waals surface area contributed by atoms with Crippen molar-refractivity contribution in [2.75, 3.05) is 13.2 Å². The molecule has 1 amide bonds.